The molecule has 0 amide bonds. The van der Waals surface area contributed by atoms with E-state index in [9.17, 15) is 0 Å². The van der Waals surface area contributed by atoms with Crippen LogP contribution in [0, 0.1) is 0 Å². The quantitative estimate of drug-likeness (QED) is 0.251. The molecule has 3 heteroatoms. The van der Waals surface area contributed by atoms with Gasteiger partial charge in [0, 0.05) is 6.61 Å². The van der Waals surface area contributed by atoms with E-state index >= 15 is 0 Å². The van der Waals surface area contributed by atoms with Crippen molar-refractivity contribution in [1.29, 1.82) is 0 Å². The number of rotatable bonds is 11. The number of unbranched alkanes of at least 4 members (excludes halogenated alkanes) is 5. The normalized spacial score (nSPS) is 20.1. The van der Waals surface area contributed by atoms with Crippen LogP contribution in [0.5, 0.6) is 0 Å². The zero-order valence-electron chi connectivity index (χ0n) is 14.5. The Labute approximate surface area is 132 Å². The van der Waals surface area contributed by atoms with E-state index in [2.05, 4.69) is 19.3 Å². The molecule has 3 N–H and O–H groups in total. The first kappa shape index (κ1) is 18.9. The SMILES string of the molecule is CCCCCCCCC(NN)C1(OCC)CCCCCC1. The molecular formula is C18H38N2O. The molecule has 21 heavy (non-hydrogen) atoms. The van der Waals surface area contributed by atoms with Gasteiger partial charge in [-0.05, 0) is 26.2 Å². The van der Waals surface area contributed by atoms with Crippen LogP contribution in [0.15, 0.2) is 0 Å². The van der Waals surface area contributed by atoms with Crippen LogP contribution >= 0.6 is 0 Å². The summed E-state index contributed by atoms with van der Waals surface area (Å²) in [5, 5.41) is 0. The number of hydrazine groups is 1. The lowest BCUT2D eigenvalue weighted by molar-refractivity contribution is -0.0790. The minimum absolute atomic E-state index is 0.0105. The molecule has 1 aliphatic carbocycles. The second-order valence-electron chi connectivity index (χ2n) is 6.69. The number of hydrogen-bond donors (Lipinski definition) is 2. The minimum atomic E-state index is -0.0105. The molecule has 126 valence electrons. The third kappa shape index (κ3) is 6.66. The van der Waals surface area contributed by atoms with E-state index in [0.29, 0.717) is 6.04 Å². The van der Waals surface area contributed by atoms with Crippen molar-refractivity contribution in [2.75, 3.05) is 6.61 Å². The second-order valence-corrected chi connectivity index (χ2v) is 6.69. The molecule has 0 aromatic heterocycles. The summed E-state index contributed by atoms with van der Waals surface area (Å²) in [7, 11) is 0. The highest BCUT2D eigenvalue weighted by atomic mass is 16.5. The monoisotopic (exact) mass is 298 g/mol. The van der Waals surface area contributed by atoms with E-state index in [1.165, 1.54) is 77.0 Å². The maximum absolute atomic E-state index is 6.26. The minimum Gasteiger partial charge on any atom is -0.374 e. The summed E-state index contributed by atoms with van der Waals surface area (Å²) >= 11 is 0. The summed E-state index contributed by atoms with van der Waals surface area (Å²) in [6, 6.07) is 0.321. The standard InChI is InChI=1S/C18H38N2O/c1-3-5-6-7-8-11-14-17(20-19)18(21-4-2)15-12-9-10-13-16-18/h17,20H,3-16,19H2,1-2H3. The Morgan fingerprint density at radius 1 is 0.952 bits per heavy atom. The molecule has 0 radical (unpaired) electrons. The maximum Gasteiger partial charge on any atom is 0.0848 e. The smallest absolute Gasteiger partial charge is 0.0848 e. The van der Waals surface area contributed by atoms with Gasteiger partial charge >= 0.3 is 0 Å². The molecule has 0 aromatic carbocycles. The Kier molecular flexibility index (Phi) is 10.3. The fraction of sp³-hybridized carbons (Fsp3) is 1.00. The van der Waals surface area contributed by atoms with Gasteiger partial charge in [-0.1, -0.05) is 71.1 Å². The molecule has 1 unspecified atom stereocenters. The van der Waals surface area contributed by atoms with Crippen molar-refractivity contribution in [3.63, 3.8) is 0 Å². The molecule has 3 nitrogen and oxygen atoms in total. The zero-order valence-corrected chi connectivity index (χ0v) is 14.5. The summed E-state index contributed by atoms with van der Waals surface area (Å²) in [4.78, 5) is 0. The van der Waals surface area contributed by atoms with Gasteiger partial charge < -0.3 is 4.74 Å². The van der Waals surface area contributed by atoms with E-state index < -0.39 is 0 Å². The molecule has 0 aromatic rings. The lowest BCUT2D eigenvalue weighted by Gasteiger charge is -2.40. The summed E-state index contributed by atoms with van der Waals surface area (Å²) in [5.74, 6) is 5.90. The average Bonchev–Trinajstić information content (AvgIpc) is 2.73. The van der Waals surface area contributed by atoms with E-state index in [0.717, 1.165) is 13.0 Å². The van der Waals surface area contributed by atoms with Gasteiger partial charge in [0.05, 0.1) is 11.6 Å². The van der Waals surface area contributed by atoms with Crippen molar-refractivity contribution in [3.8, 4) is 0 Å². The molecule has 1 aliphatic rings. The van der Waals surface area contributed by atoms with Gasteiger partial charge in [0.1, 0.15) is 0 Å². The highest BCUT2D eigenvalue weighted by Gasteiger charge is 2.38. The Bertz CT molecular complexity index is 237. The van der Waals surface area contributed by atoms with Crippen molar-refractivity contribution >= 4 is 0 Å². The van der Waals surface area contributed by atoms with Crippen molar-refractivity contribution in [3.05, 3.63) is 0 Å². The van der Waals surface area contributed by atoms with Crippen LogP contribution in [0.4, 0.5) is 0 Å². The Hall–Kier alpha value is -0.120. The van der Waals surface area contributed by atoms with Gasteiger partial charge in [-0.3, -0.25) is 11.3 Å². The van der Waals surface area contributed by atoms with Crippen LogP contribution in [-0.4, -0.2) is 18.2 Å². The van der Waals surface area contributed by atoms with Crippen molar-refractivity contribution in [1.82, 2.24) is 5.43 Å². The van der Waals surface area contributed by atoms with Crippen LogP contribution in [0.2, 0.25) is 0 Å². The zero-order chi connectivity index (χ0) is 15.4. The molecule has 1 fully saturated rings. The predicted molar refractivity (Wildman–Crippen MR) is 91.2 cm³/mol. The van der Waals surface area contributed by atoms with E-state index in [1.54, 1.807) is 0 Å². The van der Waals surface area contributed by atoms with E-state index in [1.807, 2.05) is 0 Å². The number of nitrogens with one attached hydrogen (secondary N) is 1. The van der Waals surface area contributed by atoms with Gasteiger partial charge in [-0.25, -0.2) is 0 Å². The Morgan fingerprint density at radius 2 is 1.57 bits per heavy atom. The number of hydrogen-bond acceptors (Lipinski definition) is 3. The lowest BCUT2D eigenvalue weighted by Crippen LogP contribution is -2.54. The third-order valence-corrected chi connectivity index (χ3v) is 5.06. The summed E-state index contributed by atoms with van der Waals surface area (Å²) in [6.45, 7) is 5.19. The first-order valence-electron chi connectivity index (χ1n) is 9.39. The first-order valence-corrected chi connectivity index (χ1v) is 9.39. The van der Waals surface area contributed by atoms with Gasteiger partial charge in [0.2, 0.25) is 0 Å². The summed E-state index contributed by atoms with van der Waals surface area (Å²) < 4.78 is 6.26. The molecule has 0 saturated heterocycles. The van der Waals surface area contributed by atoms with Crippen molar-refractivity contribution < 1.29 is 4.74 Å². The highest BCUT2D eigenvalue weighted by Crippen LogP contribution is 2.35. The third-order valence-electron chi connectivity index (χ3n) is 5.06. The predicted octanol–water partition coefficient (Wildman–Crippen LogP) is 4.70. The van der Waals surface area contributed by atoms with Crippen molar-refractivity contribution in [2.45, 2.75) is 109 Å². The average molecular weight is 299 g/mol. The van der Waals surface area contributed by atoms with Gasteiger partial charge in [-0.2, -0.15) is 0 Å². The molecule has 0 aliphatic heterocycles. The lowest BCUT2D eigenvalue weighted by atomic mass is 9.83. The Morgan fingerprint density at radius 3 is 2.14 bits per heavy atom. The van der Waals surface area contributed by atoms with Gasteiger partial charge in [-0.15, -0.1) is 0 Å². The van der Waals surface area contributed by atoms with Crippen LogP contribution in [0.1, 0.15) is 97.3 Å². The largest absolute Gasteiger partial charge is 0.374 e. The van der Waals surface area contributed by atoms with Crippen LogP contribution in [0.3, 0.4) is 0 Å². The van der Waals surface area contributed by atoms with E-state index in [-0.39, 0.29) is 5.60 Å². The first-order chi connectivity index (χ1) is 10.3. The maximum atomic E-state index is 6.26. The number of ether oxygens (including phenoxy) is 1. The molecule has 0 bridgehead atoms. The molecule has 0 heterocycles. The summed E-state index contributed by atoms with van der Waals surface area (Å²) in [6.07, 6.45) is 16.8. The molecule has 0 spiro atoms. The van der Waals surface area contributed by atoms with Crippen molar-refractivity contribution in [2.24, 2.45) is 5.84 Å². The molecular weight excluding hydrogens is 260 g/mol. The molecule has 1 saturated carbocycles. The topological polar surface area (TPSA) is 47.3 Å². The van der Waals surface area contributed by atoms with Crippen LogP contribution in [0.25, 0.3) is 0 Å². The fourth-order valence-corrected chi connectivity index (χ4v) is 3.83. The van der Waals surface area contributed by atoms with Crippen LogP contribution in [-0.2, 0) is 4.74 Å². The van der Waals surface area contributed by atoms with Gasteiger partial charge in [0.25, 0.3) is 0 Å². The number of nitrogens with two attached hydrogens (primary N) is 1. The molecule has 1 atom stereocenters. The summed E-state index contributed by atoms with van der Waals surface area (Å²) in [5.41, 5.74) is 3.09. The second kappa shape index (κ2) is 11.4. The fourth-order valence-electron chi connectivity index (χ4n) is 3.83. The Balaban J connectivity index is 2.44. The van der Waals surface area contributed by atoms with Crippen LogP contribution < -0.4 is 11.3 Å². The van der Waals surface area contributed by atoms with Gasteiger partial charge in [0.15, 0.2) is 0 Å². The highest BCUT2D eigenvalue weighted by molar-refractivity contribution is 4.93. The molecule has 1 rings (SSSR count). The van der Waals surface area contributed by atoms with E-state index in [4.69, 9.17) is 10.6 Å².